The zero-order valence-electron chi connectivity index (χ0n) is 12.8. The van der Waals surface area contributed by atoms with Gasteiger partial charge in [0.05, 0.1) is 0 Å². The highest BCUT2D eigenvalue weighted by molar-refractivity contribution is 7.99. The van der Waals surface area contributed by atoms with Gasteiger partial charge in [0, 0.05) is 23.3 Å². The number of thioether (sulfide) groups is 1. The van der Waals surface area contributed by atoms with Gasteiger partial charge in [0.2, 0.25) is 5.82 Å². The van der Waals surface area contributed by atoms with Crippen LogP contribution in [-0.2, 0) is 0 Å². The maximum absolute atomic E-state index is 12.1. The van der Waals surface area contributed by atoms with Crippen LogP contribution >= 0.6 is 11.8 Å². The Labute approximate surface area is 138 Å². The van der Waals surface area contributed by atoms with Crippen LogP contribution in [0.4, 0.5) is 0 Å². The SMILES string of the molecule is Cc1ccnc2nc(C(=O)NCCCSc3ccccc3)nn12. The summed E-state index contributed by atoms with van der Waals surface area (Å²) in [4.78, 5) is 21.6. The van der Waals surface area contributed by atoms with Crippen LogP contribution in [-0.4, -0.2) is 37.8 Å². The summed E-state index contributed by atoms with van der Waals surface area (Å²) in [7, 11) is 0. The van der Waals surface area contributed by atoms with Gasteiger partial charge in [0.25, 0.3) is 11.7 Å². The molecule has 0 atom stereocenters. The molecule has 0 saturated heterocycles. The second kappa shape index (κ2) is 7.23. The van der Waals surface area contributed by atoms with Crippen LogP contribution in [0.1, 0.15) is 22.7 Å². The smallest absolute Gasteiger partial charge is 0.291 e. The van der Waals surface area contributed by atoms with Gasteiger partial charge in [-0.2, -0.15) is 4.98 Å². The van der Waals surface area contributed by atoms with Gasteiger partial charge in [-0.15, -0.1) is 16.9 Å². The van der Waals surface area contributed by atoms with E-state index in [2.05, 4.69) is 32.5 Å². The molecular weight excluding hydrogens is 310 g/mol. The molecule has 23 heavy (non-hydrogen) atoms. The number of hydrogen-bond acceptors (Lipinski definition) is 5. The van der Waals surface area contributed by atoms with Gasteiger partial charge in [-0.1, -0.05) is 18.2 Å². The van der Waals surface area contributed by atoms with E-state index in [4.69, 9.17) is 0 Å². The molecular formula is C16H17N5OS. The first-order valence-corrected chi connectivity index (χ1v) is 8.37. The van der Waals surface area contributed by atoms with Gasteiger partial charge in [-0.05, 0) is 37.3 Å². The highest BCUT2D eigenvalue weighted by Crippen LogP contribution is 2.17. The summed E-state index contributed by atoms with van der Waals surface area (Å²) >= 11 is 1.78. The van der Waals surface area contributed by atoms with Crippen molar-refractivity contribution >= 4 is 23.4 Å². The number of carbonyl (C=O) groups is 1. The minimum Gasteiger partial charge on any atom is -0.349 e. The molecule has 0 aliphatic rings. The monoisotopic (exact) mass is 327 g/mol. The lowest BCUT2D eigenvalue weighted by Gasteiger charge is -2.03. The standard InChI is InChI=1S/C16H17N5OS/c1-12-8-10-18-16-19-14(20-21(12)16)15(22)17-9-5-11-23-13-6-3-2-4-7-13/h2-4,6-8,10H,5,9,11H2,1H3,(H,17,22). The first kappa shape index (κ1) is 15.5. The van der Waals surface area contributed by atoms with Crippen molar-refractivity contribution in [1.82, 2.24) is 24.9 Å². The summed E-state index contributed by atoms with van der Waals surface area (Å²) in [6.45, 7) is 2.49. The minimum atomic E-state index is -0.264. The van der Waals surface area contributed by atoms with E-state index in [1.165, 1.54) is 4.90 Å². The molecule has 0 saturated carbocycles. The molecule has 2 aromatic heterocycles. The number of aryl methyl sites for hydroxylation is 1. The van der Waals surface area contributed by atoms with E-state index in [1.54, 1.807) is 22.5 Å². The maximum atomic E-state index is 12.1. The van der Waals surface area contributed by atoms with Crippen molar-refractivity contribution in [2.24, 2.45) is 0 Å². The Balaban J connectivity index is 1.48. The van der Waals surface area contributed by atoms with Crippen molar-refractivity contribution in [2.45, 2.75) is 18.2 Å². The second-order valence-electron chi connectivity index (χ2n) is 5.00. The summed E-state index contributed by atoms with van der Waals surface area (Å²) in [5.41, 5.74) is 0.890. The van der Waals surface area contributed by atoms with Gasteiger partial charge in [0.15, 0.2) is 0 Å². The van der Waals surface area contributed by atoms with E-state index in [9.17, 15) is 4.79 Å². The van der Waals surface area contributed by atoms with Crippen LogP contribution in [0.5, 0.6) is 0 Å². The van der Waals surface area contributed by atoms with Crippen molar-refractivity contribution in [2.75, 3.05) is 12.3 Å². The Morgan fingerprint density at radius 2 is 2.09 bits per heavy atom. The topological polar surface area (TPSA) is 72.2 Å². The van der Waals surface area contributed by atoms with Gasteiger partial charge in [0.1, 0.15) is 0 Å². The molecule has 3 rings (SSSR count). The summed E-state index contributed by atoms with van der Waals surface area (Å²) in [5, 5.41) is 7.03. The molecule has 7 heteroatoms. The molecule has 0 spiro atoms. The van der Waals surface area contributed by atoms with Gasteiger partial charge in [-0.25, -0.2) is 9.50 Å². The van der Waals surface area contributed by atoms with Crippen LogP contribution in [0.25, 0.3) is 5.78 Å². The van der Waals surface area contributed by atoms with Crippen LogP contribution in [0.2, 0.25) is 0 Å². The number of aromatic nitrogens is 4. The second-order valence-corrected chi connectivity index (χ2v) is 6.17. The molecule has 1 N–H and O–H groups in total. The summed E-state index contributed by atoms with van der Waals surface area (Å²) < 4.78 is 1.57. The number of fused-ring (bicyclic) bond motifs is 1. The summed E-state index contributed by atoms with van der Waals surface area (Å²) in [6, 6.07) is 12.0. The summed E-state index contributed by atoms with van der Waals surface area (Å²) in [5.74, 6) is 1.28. The molecule has 2 heterocycles. The molecule has 0 aliphatic carbocycles. The van der Waals surface area contributed by atoms with Gasteiger partial charge < -0.3 is 5.32 Å². The number of benzene rings is 1. The molecule has 3 aromatic rings. The Hall–Kier alpha value is -2.41. The van der Waals surface area contributed by atoms with Crippen LogP contribution in [0.15, 0.2) is 47.5 Å². The summed E-state index contributed by atoms with van der Waals surface area (Å²) in [6.07, 6.45) is 2.54. The Morgan fingerprint density at radius 1 is 1.26 bits per heavy atom. The van der Waals surface area contributed by atoms with E-state index < -0.39 is 0 Å². The van der Waals surface area contributed by atoms with Crippen molar-refractivity contribution in [3.8, 4) is 0 Å². The number of amides is 1. The normalized spacial score (nSPS) is 10.8. The fourth-order valence-corrected chi connectivity index (χ4v) is 2.94. The third-order valence-electron chi connectivity index (χ3n) is 3.25. The highest BCUT2D eigenvalue weighted by Gasteiger charge is 2.13. The average Bonchev–Trinajstić information content (AvgIpc) is 3.01. The van der Waals surface area contributed by atoms with Crippen LogP contribution < -0.4 is 5.32 Å². The number of hydrogen-bond donors (Lipinski definition) is 1. The first-order chi connectivity index (χ1) is 11.2. The molecule has 0 radical (unpaired) electrons. The predicted molar refractivity (Wildman–Crippen MR) is 89.6 cm³/mol. The third-order valence-corrected chi connectivity index (χ3v) is 4.35. The van der Waals surface area contributed by atoms with Gasteiger partial charge in [-0.3, -0.25) is 4.79 Å². The van der Waals surface area contributed by atoms with Crippen molar-refractivity contribution in [3.05, 3.63) is 54.1 Å². The Morgan fingerprint density at radius 3 is 2.87 bits per heavy atom. The number of carbonyl (C=O) groups excluding carboxylic acids is 1. The molecule has 0 fully saturated rings. The van der Waals surface area contributed by atoms with E-state index in [-0.39, 0.29) is 11.7 Å². The largest absolute Gasteiger partial charge is 0.349 e. The fourth-order valence-electron chi connectivity index (χ4n) is 2.06. The number of rotatable bonds is 6. The van der Waals surface area contributed by atoms with Crippen LogP contribution in [0, 0.1) is 6.92 Å². The van der Waals surface area contributed by atoms with Crippen molar-refractivity contribution in [1.29, 1.82) is 0 Å². The Bertz CT molecular complexity index is 803. The maximum Gasteiger partial charge on any atom is 0.291 e. The fraction of sp³-hybridized carbons (Fsp3) is 0.250. The lowest BCUT2D eigenvalue weighted by atomic mass is 10.4. The zero-order chi connectivity index (χ0) is 16.1. The predicted octanol–water partition coefficient (Wildman–Crippen LogP) is 2.34. The molecule has 0 unspecified atom stereocenters. The van der Waals surface area contributed by atoms with E-state index >= 15 is 0 Å². The number of nitrogens with zero attached hydrogens (tertiary/aromatic N) is 4. The molecule has 6 nitrogen and oxygen atoms in total. The lowest BCUT2D eigenvalue weighted by molar-refractivity contribution is 0.0943. The Kier molecular flexibility index (Phi) is 4.87. The zero-order valence-corrected chi connectivity index (χ0v) is 13.6. The van der Waals surface area contributed by atoms with Crippen LogP contribution in [0.3, 0.4) is 0 Å². The molecule has 0 aliphatic heterocycles. The van der Waals surface area contributed by atoms with E-state index in [0.717, 1.165) is 17.9 Å². The quantitative estimate of drug-likeness (QED) is 0.556. The molecule has 1 amide bonds. The minimum absolute atomic E-state index is 0.155. The van der Waals surface area contributed by atoms with Crippen molar-refractivity contribution < 1.29 is 4.79 Å². The lowest BCUT2D eigenvalue weighted by Crippen LogP contribution is -2.26. The molecule has 118 valence electrons. The van der Waals surface area contributed by atoms with Gasteiger partial charge >= 0.3 is 0 Å². The highest BCUT2D eigenvalue weighted by atomic mass is 32.2. The third kappa shape index (κ3) is 3.87. The molecule has 1 aromatic carbocycles. The number of nitrogens with one attached hydrogen (secondary N) is 1. The van der Waals surface area contributed by atoms with E-state index in [0.29, 0.717) is 12.3 Å². The van der Waals surface area contributed by atoms with E-state index in [1.807, 2.05) is 31.2 Å². The van der Waals surface area contributed by atoms with Crippen molar-refractivity contribution in [3.63, 3.8) is 0 Å². The first-order valence-electron chi connectivity index (χ1n) is 7.38. The molecule has 0 bridgehead atoms. The average molecular weight is 327 g/mol.